The molecule has 0 fully saturated rings. The standard InChI is InChI=1S/C8H4F2O4.Mg.2H/c9-8(10)13-5-2-1-4(7(11)12)3-6(5)14-8;;;/h1-3H,(H,11,12);;;/q;+2;2*-1. The maximum absolute atomic E-state index is 12.5. The minimum Gasteiger partial charge on any atom is -1.00 e. The summed E-state index contributed by atoms with van der Waals surface area (Å²) in [7, 11) is 0. The van der Waals surface area contributed by atoms with Crippen molar-refractivity contribution in [3.8, 4) is 11.5 Å². The van der Waals surface area contributed by atoms with Gasteiger partial charge in [0.05, 0.1) is 5.56 Å². The molecule has 1 aliphatic rings. The van der Waals surface area contributed by atoms with E-state index >= 15 is 0 Å². The second kappa shape index (κ2) is 3.82. The van der Waals surface area contributed by atoms with Gasteiger partial charge in [0.25, 0.3) is 0 Å². The maximum atomic E-state index is 12.5. The van der Waals surface area contributed by atoms with Gasteiger partial charge in [-0.1, -0.05) is 0 Å². The summed E-state index contributed by atoms with van der Waals surface area (Å²) in [6, 6.07) is 3.27. The third-order valence-electron chi connectivity index (χ3n) is 1.65. The van der Waals surface area contributed by atoms with Gasteiger partial charge in [0.15, 0.2) is 11.5 Å². The second-order valence-corrected chi connectivity index (χ2v) is 2.63. The number of carboxylic acids is 1. The third-order valence-corrected chi connectivity index (χ3v) is 1.65. The van der Waals surface area contributed by atoms with Crippen LogP contribution in [0.5, 0.6) is 11.5 Å². The molecule has 15 heavy (non-hydrogen) atoms. The van der Waals surface area contributed by atoms with E-state index < -0.39 is 12.3 Å². The molecule has 2 rings (SSSR count). The zero-order chi connectivity index (χ0) is 10.3. The summed E-state index contributed by atoms with van der Waals surface area (Å²) in [5.74, 6) is -1.65. The van der Waals surface area contributed by atoms with Crippen molar-refractivity contribution in [2.45, 2.75) is 6.29 Å². The van der Waals surface area contributed by atoms with Crippen molar-refractivity contribution in [2.24, 2.45) is 0 Å². The summed E-state index contributed by atoms with van der Waals surface area (Å²) >= 11 is 0. The van der Waals surface area contributed by atoms with Crippen LogP contribution in [0.2, 0.25) is 0 Å². The van der Waals surface area contributed by atoms with Crippen molar-refractivity contribution >= 4 is 29.0 Å². The zero-order valence-corrected chi connectivity index (χ0v) is 8.78. The molecule has 1 aromatic rings. The van der Waals surface area contributed by atoms with Gasteiger partial charge < -0.3 is 17.4 Å². The first-order valence-corrected chi connectivity index (χ1v) is 3.61. The topological polar surface area (TPSA) is 55.8 Å². The van der Waals surface area contributed by atoms with Gasteiger partial charge in [-0.3, -0.25) is 0 Å². The van der Waals surface area contributed by atoms with Crippen molar-refractivity contribution in [1.29, 1.82) is 0 Å². The van der Waals surface area contributed by atoms with Crippen LogP contribution in [0.4, 0.5) is 8.78 Å². The predicted molar refractivity (Wildman–Crippen MR) is 47.6 cm³/mol. The van der Waals surface area contributed by atoms with Crippen molar-refractivity contribution < 1.29 is 31.0 Å². The first-order valence-electron chi connectivity index (χ1n) is 3.61. The van der Waals surface area contributed by atoms with Crippen LogP contribution in [-0.2, 0) is 0 Å². The molecule has 78 valence electrons. The molecule has 0 bridgehead atoms. The predicted octanol–water partition coefficient (Wildman–Crippen LogP) is 1.55. The van der Waals surface area contributed by atoms with E-state index in [0.717, 1.165) is 18.2 Å². The fourth-order valence-electron chi connectivity index (χ4n) is 1.08. The van der Waals surface area contributed by atoms with Gasteiger partial charge in [0, 0.05) is 0 Å². The number of hydrogen-bond donors (Lipinski definition) is 1. The smallest absolute Gasteiger partial charge is 1.00 e. The molecule has 0 radical (unpaired) electrons. The molecule has 0 saturated carbocycles. The molecular formula is C8H6F2MgO4. The summed E-state index contributed by atoms with van der Waals surface area (Å²) in [5, 5.41) is 8.56. The molecule has 4 nitrogen and oxygen atoms in total. The van der Waals surface area contributed by atoms with Crippen LogP contribution in [0.15, 0.2) is 18.2 Å². The number of benzene rings is 1. The van der Waals surface area contributed by atoms with Gasteiger partial charge in [-0.05, 0) is 18.2 Å². The number of aromatic carboxylic acids is 1. The van der Waals surface area contributed by atoms with E-state index in [0.29, 0.717) is 0 Å². The molecule has 7 heteroatoms. The fraction of sp³-hybridized carbons (Fsp3) is 0.125. The largest absolute Gasteiger partial charge is 2.00 e. The summed E-state index contributed by atoms with van der Waals surface area (Å²) in [5.41, 5.74) is -0.134. The molecule has 1 heterocycles. The van der Waals surface area contributed by atoms with Gasteiger partial charge in [-0.2, -0.15) is 0 Å². The monoisotopic (exact) mass is 228 g/mol. The Kier molecular flexibility index (Phi) is 3.05. The first kappa shape index (κ1) is 12.0. The average Bonchev–Trinajstić information content (AvgIpc) is 2.36. The van der Waals surface area contributed by atoms with Crippen molar-refractivity contribution in [3.63, 3.8) is 0 Å². The van der Waals surface area contributed by atoms with E-state index in [2.05, 4.69) is 9.47 Å². The minimum absolute atomic E-state index is 0. The molecule has 0 unspecified atom stereocenters. The number of rotatable bonds is 1. The summed E-state index contributed by atoms with van der Waals surface area (Å²) in [4.78, 5) is 10.5. The SMILES string of the molecule is O=C(O)c1ccc2c(c1)OC(F)(F)O2.[H-].[H-].[Mg+2]. The first-order chi connectivity index (χ1) is 6.48. The number of alkyl halides is 2. The molecule has 0 atom stereocenters. The Morgan fingerprint density at radius 1 is 1.33 bits per heavy atom. The summed E-state index contributed by atoms with van der Waals surface area (Å²) < 4.78 is 33.1. The van der Waals surface area contributed by atoms with Crippen LogP contribution in [0, 0.1) is 0 Å². The van der Waals surface area contributed by atoms with Crippen LogP contribution < -0.4 is 9.47 Å². The number of fused-ring (bicyclic) bond motifs is 1. The molecule has 1 N–H and O–H groups in total. The second-order valence-electron chi connectivity index (χ2n) is 2.63. The zero-order valence-electron chi connectivity index (χ0n) is 9.37. The quantitative estimate of drug-likeness (QED) is 0.741. The van der Waals surface area contributed by atoms with E-state index in [1.165, 1.54) is 0 Å². The van der Waals surface area contributed by atoms with Crippen molar-refractivity contribution in [1.82, 2.24) is 0 Å². The average molecular weight is 228 g/mol. The normalized spacial score (nSPS) is 15.6. The molecule has 0 amide bonds. The Morgan fingerprint density at radius 2 is 1.93 bits per heavy atom. The number of ether oxygens (including phenoxy) is 2. The molecule has 1 aromatic carbocycles. The summed E-state index contributed by atoms with van der Waals surface area (Å²) in [6.07, 6.45) is -3.71. The fourth-order valence-corrected chi connectivity index (χ4v) is 1.08. The van der Waals surface area contributed by atoms with Crippen LogP contribution in [0.3, 0.4) is 0 Å². The van der Waals surface area contributed by atoms with Crippen molar-refractivity contribution in [2.75, 3.05) is 0 Å². The Morgan fingerprint density at radius 3 is 2.53 bits per heavy atom. The molecule has 0 saturated heterocycles. The Hall–Kier alpha value is -1.08. The number of carboxylic acid groups (broad SMARTS) is 1. The Labute approximate surface area is 102 Å². The van der Waals surface area contributed by atoms with E-state index in [9.17, 15) is 13.6 Å². The van der Waals surface area contributed by atoms with Crippen LogP contribution in [0.25, 0.3) is 0 Å². The number of halogens is 2. The van der Waals surface area contributed by atoms with Gasteiger partial charge >= 0.3 is 35.3 Å². The van der Waals surface area contributed by atoms with Gasteiger partial charge in [0.1, 0.15) is 0 Å². The minimum atomic E-state index is -3.71. The number of hydrogen-bond acceptors (Lipinski definition) is 3. The van der Waals surface area contributed by atoms with Gasteiger partial charge in [-0.15, -0.1) is 8.78 Å². The molecule has 0 spiro atoms. The van der Waals surface area contributed by atoms with Gasteiger partial charge in [-0.25, -0.2) is 4.79 Å². The van der Waals surface area contributed by atoms with E-state index in [-0.39, 0.29) is 43.0 Å². The number of carbonyl (C=O) groups is 1. The molecular weight excluding hydrogens is 222 g/mol. The van der Waals surface area contributed by atoms with Crippen molar-refractivity contribution in [3.05, 3.63) is 23.8 Å². The van der Waals surface area contributed by atoms with E-state index in [1.54, 1.807) is 0 Å². The Balaban J connectivity index is 0. The molecule has 0 aromatic heterocycles. The van der Waals surface area contributed by atoms with Crippen LogP contribution in [0.1, 0.15) is 13.2 Å². The van der Waals surface area contributed by atoms with Gasteiger partial charge in [0.2, 0.25) is 0 Å². The molecule has 0 aliphatic carbocycles. The van der Waals surface area contributed by atoms with E-state index in [1.807, 2.05) is 0 Å². The van der Waals surface area contributed by atoms with E-state index in [4.69, 9.17) is 5.11 Å². The Bertz CT molecular complexity index is 417. The van der Waals surface area contributed by atoms with Crippen LogP contribution >= 0.6 is 0 Å². The van der Waals surface area contributed by atoms with Crippen LogP contribution in [-0.4, -0.2) is 40.4 Å². The maximum Gasteiger partial charge on any atom is 2.00 e. The molecule has 1 aliphatic heterocycles. The third kappa shape index (κ3) is 2.29. The summed E-state index contributed by atoms with van der Waals surface area (Å²) in [6.45, 7) is 0.